The van der Waals surface area contributed by atoms with Gasteiger partial charge in [-0.2, -0.15) is 4.98 Å². The summed E-state index contributed by atoms with van der Waals surface area (Å²) in [6.07, 6.45) is 2.71. The molecule has 1 aromatic carbocycles. The van der Waals surface area contributed by atoms with Gasteiger partial charge in [-0.15, -0.1) is 0 Å². The fourth-order valence-corrected chi connectivity index (χ4v) is 2.25. The highest BCUT2D eigenvalue weighted by atomic mass is 16.5. The summed E-state index contributed by atoms with van der Waals surface area (Å²) in [6, 6.07) is 13.8. The van der Waals surface area contributed by atoms with Crippen molar-refractivity contribution in [3.05, 3.63) is 65.5 Å². The molecule has 0 radical (unpaired) electrons. The molecule has 0 amide bonds. The first-order chi connectivity index (χ1) is 11.2. The van der Waals surface area contributed by atoms with Crippen LogP contribution < -0.4 is 4.74 Å². The van der Waals surface area contributed by atoms with Gasteiger partial charge < -0.3 is 4.74 Å². The molecule has 4 nitrogen and oxygen atoms in total. The van der Waals surface area contributed by atoms with Gasteiger partial charge in [0.05, 0.1) is 0 Å². The van der Waals surface area contributed by atoms with Crippen LogP contribution in [0.4, 0.5) is 0 Å². The maximum atomic E-state index is 6.02. The summed E-state index contributed by atoms with van der Waals surface area (Å²) in [7, 11) is 0. The van der Waals surface area contributed by atoms with Crippen molar-refractivity contribution >= 4 is 0 Å². The van der Waals surface area contributed by atoms with E-state index in [0.29, 0.717) is 11.7 Å². The number of hydrogen-bond acceptors (Lipinski definition) is 4. The highest BCUT2D eigenvalue weighted by molar-refractivity contribution is 5.51. The molecule has 0 saturated carbocycles. The van der Waals surface area contributed by atoms with E-state index in [-0.39, 0.29) is 0 Å². The highest BCUT2D eigenvalue weighted by Crippen LogP contribution is 2.27. The topological polar surface area (TPSA) is 47.9 Å². The van der Waals surface area contributed by atoms with Gasteiger partial charge in [0.2, 0.25) is 5.88 Å². The Bertz CT molecular complexity index is 816. The second-order valence-electron chi connectivity index (χ2n) is 5.38. The number of rotatable bonds is 4. The van der Waals surface area contributed by atoms with Crippen LogP contribution in [0.15, 0.2) is 48.7 Å². The van der Waals surface area contributed by atoms with Crippen LogP contribution in [0.2, 0.25) is 0 Å². The number of hydrogen-bond donors (Lipinski definition) is 0. The van der Waals surface area contributed by atoms with Crippen LogP contribution in [0.3, 0.4) is 0 Å². The van der Waals surface area contributed by atoms with Crippen molar-refractivity contribution in [2.24, 2.45) is 0 Å². The summed E-state index contributed by atoms with van der Waals surface area (Å²) in [5.41, 5.74) is 3.80. The van der Waals surface area contributed by atoms with Gasteiger partial charge in [0.15, 0.2) is 5.82 Å². The average Bonchev–Trinajstić information content (AvgIpc) is 2.59. The van der Waals surface area contributed by atoms with Gasteiger partial charge in [-0.1, -0.05) is 25.1 Å². The number of benzene rings is 1. The van der Waals surface area contributed by atoms with Crippen molar-refractivity contribution in [2.75, 3.05) is 0 Å². The molecular formula is C19H19N3O. The maximum absolute atomic E-state index is 6.02. The van der Waals surface area contributed by atoms with Crippen molar-refractivity contribution in [1.29, 1.82) is 0 Å². The predicted octanol–water partition coefficient (Wildman–Crippen LogP) is 4.51. The Hall–Kier alpha value is -2.75. The smallest absolute Gasteiger partial charge is 0.226 e. The van der Waals surface area contributed by atoms with E-state index in [1.807, 2.05) is 50.2 Å². The van der Waals surface area contributed by atoms with E-state index >= 15 is 0 Å². The normalized spacial score (nSPS) is 10.6. The van der Waals surface area contributed by atoms with E-state index in [9.17, 15) is 0 Å². The summed E-state index contributed by atoms with van der Waals surface area (Å²) in [4.78, 5) is 13.4. The molecule has 2 aromatic heterocycles. The van der Waals surface area contributed by atoms with Crippen molar-refractivity contribution in [2.45, 2.75) is 27.2 Å². The van der Waals surface area contributed by atoms with E-state index in [0.717, 1.165) is 29.1 Å². The van der Waals surface area contributed by atoms with Crippen molar-refractivity contribution in [1.82, 2.24) is 15.0 Å². The van der Waals surface area contributed by atoms with E-state index in [4.69, 9.17) is 4.74 Å². The Morgan fingerprint density at radius 3 is 2.61 bits per heavy atom. The van der Waals surface area contributed by atoms with Gasteiger partial charge >= 0.3 is 0 Å². The Morgan fingerprint density at radius 2 is 1.87 bits per heavy atom. The summed E-state index contributed by atoms with van der Waals surface area (Å²) < 4.78 is 6.02. The van der Waals surface area contributed by atoms with Crippen LogP contribution in [0.25, 0.3) is 11.5 Å². The second-order valence-corrected chi connectivity index (χ2v) is 5.38. The first-order valence-corrected chi connectivity index (χ1v) is 7.71. The lowest BCUT2D eigenvalue weighted by Crippen LogP contribution is -2.01. The Balaban J connectivity index is 2.00. The third-order valence-electron chi connectivity index (χ3n) is 3.76. The van der Waals surface area contributed by atoms with Gasteiger partial charge in [-0.05, 0) is 50.1 Å². The van der Waals surface area contributed by atoms with E-state index in [1.54, 1.807) is 6.20 Å². The lowest BCUT2D eigenvalue weighted by molar-refractivity contribution is 0.456. The molecule has 0 fully saturated rings. The Labute approximate surface area is 136 Å². The Morgan fingerprint density at radius 1 is 1.00 bits per heavy atom. The predicted molar refractivity (Wildman–Crippen MR) is 90.6 cm³/mol. The molecule has 0 unspecified atom stereocenters. The number of aromatic nitrogens is 3. The van der Waals surface area contributed by atoms with Gasteiger partial charge in [-0.25, -0.2) is 4.98 Å². The maximum Gasteiger partial charge on any atom is 0.226 e. The lowest BCUT2D eigenvalue weighted by atomic mass is 10.2. The first kappa shape index (κ1) is 15.2. The summed E-state index contributed by atoms with van der Waals surface area (Å²) in [6.45, 7) is 6.05. The number of pyridine rings is 1. The minimum absolute atomic E-state index is 0.575. The van der Waals surface area contributed by atoms with Crippen LogP contribution in [-0.4, -0.2) is 15.0 Å². The molecule has 4 heteroatoms. The lowest BCUT2D eigenvalue weighted by Gasteiger charge is -2.11. The largest absolute Gasteiger partial charge is 0.439 e. The van der Waals surface area contributed by atoms with E-state index < -0.39 is 0 Å². The van der Waals surface area contributed by atoms with Crippen LogP contribution in [0.1, 0.15) is 23.7 Å². The van der Waals surface area contributed by atoms with E-state index in [2.05, 4.69) is 27.9 Å². The van der Waals surface area contributed by atoms with Crippen LogP contribution >= 0.6 is 0 Å². The fraction of sp³-hybridized carbons (Fsp3) is 0.211. The van der Waals surface area contributed by atoms with Crippen LogP contribution in [0.5, 0.6) is 11.6 Å². The summed E-state index contributed by atoms with van der Waals surface area (Å²) in [5, 5.41) is 0. The third kappa shape index (κ3) is 3.37. The SMILES string of the molecule is CCc1cccc(Oc2nc(-c3ccccn3)nc(C)c2C)c1. The second kappa shape index (κ2) is 6.57. The van der Waals surface area contributed by atoms with Crippen molar-refractivity contribution < 1.29 is 4.74 Å². The molecule has 3 rings (SSSR count). The van der Waals surface area contributed by atoms with Crippen LogP contribution in [0, 0.1) is 13.8 Å². The molecule has 0 aliphatic heterocycles. The zero-order valence-corrected chi connectivity index (χ0v) is 13.6. The van der Waals surface area contributed by atoms with E-state index in [1.165, 1.54) is 5.56 Å². The zero-order chi connectivity index (χ0) is 16.2. The minimum Gasteiger partial charge on any atom is -0.439 e. The summed E-state index contributed by atoms with van der Waals surface area (Å²) >= 11 is 0. The number of aryl methyl sites for hydroxylation is 2. The monoisotopic (exact) mass is 305 g/mol. The molecule has 0 N–H and O–H groups in total. The molecule has 0 saturated heterocycles. The molecule has 0 bridgehead atoms. The van der Waals surface area contributed by atoms with Gasteiger partial charge in [0.1, 0.15) is 11.4 Å². The van der Waals surface area contributed by atoms with Crippen molar-refractivity contribution in [3.63, 3.8) is 0 Å². The van der Waals surface area contributed by atoms with Crippen LogP contribution in [-0.2, 0) is 6.42 Å². The molecule has 116 valence electrons. The Kier molecular flexibility index (Phi) is 4.33. The first-order valence-electron chi connectivity index (χ1n) is 7.71. The van der Waals surface area contributed by atoms with Crippen molar-refractivity contribution in [3.8, 4) is 23.1 Å². The minimum atomic E-state index is 0.575. The summed E-state index contributed by atoms with van der Waals surface area (Å²) in [5.74, 6) is 1.94. The quantitative estimate of drug-likeness (QED) is 0.711. The molecule has 0 atom stereocenters. The zero-order valence-electron chi connectivity index (χ0n) is 13.6. The molecule has 3 aromatic rings. The average molecular weight is 305 g/mol. The fourth-order valence-electron chi connectivity index (χ4n) is 2.25. The molecular weight excluding hydrogens is 286 g/mol. The molecule has 0 spiro atoms. The number of nitrogens with zero attached hydrogens (tertiary/aromatic N) is 3. The molecule has 23 heavy (non-hydrogen) atoms. The molecule has 2 heterocycles. The van der Waals surface area contributed by atoms with Gasteiger partial charge in [0, 0.05) is 17.5 Å². The number of ether oxygens (including phenoxy) is 1. The molecule has 0 aliphatic rings. The standard InChI is InChI=1S/C19H19N3O/c1-4-15-8-7-9-16(12-15)23-19-13(2)14(3)21-18(22-19)17-10-5-6-11-20-17/h5-12H,4H2,1-3H3. The highest BCUT2D eigenvalue weighted by Gasteiger charge is 2.12. The molecule has 0 aliphatic carbocycles. The van der Waals surface area contributed by atoms with Gasteiger partial charge in [0.25, 0.3) is 0 Å². The third-order valence-corrected chi connectivity index (χ3v) is 3.76. The van der Waals surface area contributed by atoms with Gasteiger partial charge in [-0.3, -0.25) is 4.98 Å².